The molecule has 1 aromatic carbocycles. The fraction of sp³-hybridized carbons (Fsp3) is 0.571. The molecule has 1 aliphatic carbocycles. The average Bonchev–Trinajstić information content (AvgIpc) is 2.60. The molecule has 0 spiro atoms. The molecule has 0 heterocycles. The van der Waals surface area contributed by atoms with Crippen LogP contribution in [0, 0.1) is 22.5 Å². The van der Waals surface area contributed by atoms with Gasteiger partial charge in [0.2, 0.25) is 0 Å². The fourth-order valence-electron chi connectivity index (χ4n) is 2.69. The second-order valence-corrected chi connectivity index (χ2v) is 6.01. The minimum Gasteiger partial charge on any atom is -0.382 e. The molecular weight excluding hydrogens is 228 g/mol. The summed E-state index contributed by atoms with van der Waals surface area (Å²) in [6, 6.07) is 5.80. The standard InChI is InChI=1S/C14H20N2O2/c1-10-4-5-11(8-13(10)16(17)18)15-12-6-7-14(2,3)9-12/h4-5,8,12,15H,6-7,9H2,1-3H3. The first-order valence-electron chi connectivity index (χ1n) is 6.39. The molecule has 0 amide bonds. The number of nitro groups is 1. The third-order valence-corrected chi connectivity index (χ3v) is 3.75. The van der Waals surface area contributed by atoms with Crippen molar-refractivity contribution in [3.63, 3.8) is 0 Å². The van der Waals surface area contributed by atoms with Crippen LogP contribution in [0.2, 0.25) is 0 Å². The first-order valence-corrected chi connectivity index (χ1v) is 6.39. The molecule has 1 N–H and O–H groups in total. The van der Waals surface area contributed by atoms with E-state index in [0.717, 1.165) is 18.5 Å². The van der Waals surface area contributed by atoms with Gasteiger partial charge in [-0.25, -0.2) is 0 Å². The number of hydrogen-bond donors (Lipinski definition) is 1. The van der Waals surface area contributed by atoms with E-state index in [-0.39, 0.29) is 10.6 Å². The Hall–Kier alpha value is -1.58. The van der Waals surface area contributed by atoms with Gasteiger partial charge >= 0.3 is 0 Å². The lowest BCUT2D eigenvalue weighted by Gasteiger charge is -2.18. The van der Waals surface area contributed by atoms with Gasteiger partial charge in [0, 0.05) is 23.4 Å². The monoisotopic (exact) mass is 248 g/mol. The maximum Gasteiger partial charge on any atom is 0.274 e. The van der Waals surface area contributed by atoms with Crippen LogP contribution in [0.5, 0.6) is 0 Å². The van der Waals surface area contributed by atoms with Crippen LogP contribution in [0.3, 0.4) is 0 Å². The van der Waals surface area contributed by atoms with Crippen molar-refractivity contribution in [2.24, 2.45) is 5.41 Å². The van der Waals surface area contributed by atoms with E-state index in [1.54, 1.807) is 19.1 Å². The van der Waals surface area contributed by atoms with Gasteiger partial charge in [-0.2, -0.15) is 0 Å². The molecule has 0 bridgehead atoms. The SMILES string of the molecule is Cc1ccc(NC2CCC(C)(C)C2)cc1[N+](=O)[O-]. The third kappa shape index (κ3) is 2.81. The van der Waals surface area contributed by atoms with Crippen molar-refractivity contribution in [3.05, 3.63) is 33.9 Å². The summed E-state index contributed by atoms with van der Waals surface area (Å²) in [7, 11) is 0. The lowest BCUT2D eigenvalue weighted by atomic mass is 9.92. The quantitative estimate of drug-likeness (QED) is 0.652. The van der Waals surface area contributed by atoms with E-state index < -0.39 is 0 Å². The molecule has 1 atom stereocenters. The Morgan fingerprint density at radius 2 is 2.17 bits per heavy atom. The second-order valence-electron chi connectivity index (χ2n) is 6.01. The van der Waals surface area contributed by atoms with Crippen LogP contribution in [0.25, 0.3) is 0 Å². The van der Waals surface area contributed by atoms with Gasteiger partial charge in [0.05, 0.1) is 4.92 Å². The number of aryl methyl sites for hydroxylation is 1. The van der Waals surface area contributed by atoms with Crippen LogP contribution in [0.1, 0.15) is 38.7 Å². The van der Waals surface area contributed by atoms with Crippen molar-refractivity contribution in [1.82, 2.24) is 0 Å². The van der Waals surface area contributed by atoms with Crippen LogP contribution in [0.15, 0.2) is 18.2 Å². The molecule has 18 heavy (non-hydrogen) atoms. The Kier molecular flexibility index (Phi) is 3.28. The van der Waals surface area contributed by atoms with Gasteiger partial charge in [-0.3, -0.25) is 10.1 Å². The normalized spacial score (nSPS) is 21.8. The van der Waals surface area contributed by atoms with Crippen LogP contribution in [-0.2, 0) is 0 Å². The lowest BCUT2D eigenvalue weighted by Crippen LogP contribution is -2.17. The zero-order valence-corrected chi connectivity index (χ0v) is 11.2. The van der Waals surface area contributed by atoms with E-state index in [4.69, 9.17) is 0 Å². The van der Waals surface area contributed by atoms with E-state index in [1.807, 2.05) is 6.07 Å². The summed E-state index contributed by atoms with van der Waals surface area (Å²) in [6.07, 6.45) is 3.46. The smallest absolute Gasteiger partial charge is 0.274 e. The Bertz CT molecular complexity index is 469. The van der Waals surface area contributed by atoms with E-state index >= 15 is 0 Å². The van der Waals surface area contributed by atoms with Gasteiger partial charge in [-0.1, -0.05) is 19.9 Å². The Balaban J connectivity index is 2.11. The molecule has 1 aliphatic rings. The number of nitrogens with zero attached hydrogens (tertiary/aromatic N) is 1. The van der Waals surface area contributed by atoms with Crippen molar-refractivity contribution < 1.29 is 4.92 Å². The van der Waals surface area contributed by atoms with Gasteiger partial charge in [-0.05, 0) is 37.7 Å². The predicted molar refractivity (Wildman–Crippen MR) is 72.9 cm³/mol. The minimum atomic E-state index is -0.320. The summed E-state index contributed by atoms with van der Waals surface area (Å²) in [4.78, 5) is 10.6. The minimum absolute atomic E-state index is 0.192. The van der Waals surface area contributed by atoms with Crippen LogP contribution >= 0.6 is 0 Å². The average molecular weight is 248 g/mol. The number of rotatable bonds is 3. The van der Waals surface area contributed by atoms with Gasteiger partial charge in [-0.15, -0.1) is 0 Å². The van der Waals surface area contributed by atoms with Gasteiger partial charge in [0.25, 0.3) is 5.69 Å². The van der Waals surface area contributed by atoms with Crippen molar-refractivity contribution in [2.75, 3.05) is 5.32 Å². The molecule has 1 saturated carbocycles. The van der Waals surface area contributed by atoms with Crippen LogP contribution < -0.4 is 5.32 Å². The van der Waals surface area contributed by atoms with E-state index in [2.05, 4.69) is 19.2 Å². The molecular formula is C14H20N2O2. The predicted octanol–water partition coefficient (Wildman–Crippen LogP) is 3.89. The summed E-state index contributed by atoms with van der Waals surface area (Å²) >= 11 is 0. The first kappa shape index (κ1) is 12.9. The molecule has 0 saturated heterocycles. The molecule has 0 aliphatic heterocycles. The van der Waals surface area contributed by atoms with E-state index in [9.17, 15) is 10.1 Å². The van der Waals surface area contributed by atoms with Gasteiger partial charge in [0.1, 0.15) is 0 Å². The first-order chi connectivity index (χ1) is 8.37. The molecule has 1 aromatic rings. The summed E-state index contributed by atoms with van der Waals surface area (Å²) in [5.74, 6) is 0. The summed E-state index contributed by atoms with van der Waals surface area (Å²) in [5.41, 5.74) is 2.14. The highest BCUT2D eigenvalue weighted by atomic mass is 16.6. The van der Waals surface area contributed by atoms with Gasteiger partial charge in [0.15, 0.2) is 0 Å². The highest BCUT2D eigenvalue weighted by Crippen LogP contribution is 2.38. The van der Waals surface area contributed by atoms with E-state index in [0.29, 0.717) is 17.0 Å². The number of benzene rings is 1. The van der Waals surface area contributed by atoms with Crippen molar-refractivity contribution in [3.8, 4) is 0 Å². The second kappa shape index (κ2) is 4.59. The topological polar surface area (TPSA) is 55.2 Å². The molecule has 1 unspecified atom stereocenters. The maximum absolute atomic E-state index is 10.9. The van der Waals surface area contributed by atoms with E-state index in [1.165, 1.54) is 6.42 Å². The Morgan fingerprint density at radius 3 is 2.72 bits per heavy atom. The highest BCUT2D eigenvalue weighted by molar-refractivity contribution is 5.55. The molecule has 2 rings (SSSR count). The van der Waals surface area contributed by atoms with Crippen molar-refractivity contribution >= 4 is 11.4 Å². The third-order valence-electron chi connectivity index (χ3n) is 3.75. The summed E-state index contributed by atoms with van der Waals surface area (Å²) in [5, 5.41) is 14.3. The number of nitrogens with one attached hydrogen (secondary N) is 1. The molecule has 4 nitrogen and oxygen atoms in total. The zero-order chi connectivity index (χ0) is 13.3. The summed E-state index contributed by atoms with van der Waals surface area (Å²) < 4.78 is 0. The number of nitro benzene ring substituents is 1. The highest BCUT2D eigenvalue weighted by Gasteiger charge is 2.30. The molecule has 0 aromatic heterocycles. The van der Waals surface area contributed by atoms with Crippen molar-refractivity contribution in [1.29, 1.82) is 0 Å². The van der Waals surface area contributed by atoms with Crippen molar-refractivity contribution in [2.45, 2.75) is 46.1 Å². The number of hydrogen-bond acceptors (Lipinski definition) is 3. The summed E-state index contributed by atoms with van der Waals surface area (Å²) in [6.45, 7) is 6.30. The number of anilines is 1. The molecule has 4 heteroatoms. The Morgan fingerprint density at radius 1 is 1.44 bits per heavy atom. The zero-order valence-electron chi connectivity index (χ0n) is 11.2. The lowest BCUT2D eigenvalue weighted by molar-refractivity contribution is -0.385. The van der Waals surface area contributed by atoms with Gasteiger partial charge < -0.3 is 5.32 Å². The van der Waals surface area contributed by atoms with Crippen LogP contribution in [-0.4, -0.2) is 11.0 Å². The maximum atomic E-state index is 10.9. The molecule has 0 radical (unpaired) electrons. The van der Waals surface area contributed by atoms with Crippen LogP contribution in [0.4, 0.5) is 11.4 Å². The largest absolute Gasteiger partial charge is 0.382 e. The fourth-order valence-corrected chi connectivity index (χ4v) is 2.69. The molecule has 1 fully saturated rings. The Labute approximate surface area is 108 Å². The molecule has 98 valence electrons.